The molecule has 1 aromatic carbocycles. The van der Waals surface area contributed by atoms with Crippen LogP contribution in [-0.2, 0) is 14.3 Å². The summed E-state index contributed by atoms with van der Waals surface area (Å²) in [6.07, 6.45) is -0.0199. The minimum Gasteiger partial charge on any atom is -0.875 e. The van der Waals surface area contributed by atoms with Crippen molar-refractivity contribution in [1.29, 1.82) is 0 Å². The van der Waals surface area contributed by atoms with E-state index in [1.54, 1.807) is 12.1 Å². The molecule has 1 atom stereocenters. The van der Waals surface area contributed by atoms with Crippen LogP contribution in [0.4, 0.5) is 0 Å². The molecule has 0 saturated heterocycles. The molecule has 0 heterocycles. The van der Waals surface area contributed by atoms with Gasteiger partial charge in [-0.1, -0.05) is 30.3 Å². The average Bonchev–Trinajstić information content (AvgIpc) is 2.38. The number of benzene rings is 1. The van der Waals surface area contributed by atoms with Crippen LogP contribution in [0, 0.1) is 0 Å². The molecule has 0 bridgehead atoms. The molecule has 0 fully saturated rings. The van der Waals surface area contributed by atoms with Crippen molar-refractivity contribution >= 4 is 11.8 Å². The van der Waals surface area contributed by atoms with Crippen molar-refractivity contribution in [2.75, 3.05) is 7.11 Å². The van der Waals surface area contributed by atoms with Crippen LogP contribution in [0.25, 0.3) is 0 Å². The molecule has 1 unspecified atom stereocenters. The summed E-state index contributed by atoms with van der Waals surface area (Å²) in [6, 6.07) is 9.08. The molecule has 0 N–H and O–H groups in total. The number of methoxy groups -OCH3 is 1. The summed E-state index contributed by atoms with van der Waals surface area (Å²) >= 11 is 0. The third-order valence-corrected chi connectivity index (χ3v) is 3.05. The van der Waals surface area contributed by atoms with Gasteiger partial charge in [0.25, 0.3) is 0 Å². The number of carbonyl (C=O) groups is 2. The van der Waals surface area contributed by atoms with Gasteiger partial charge in [0.1, 0.15) is 5.78 Å². The number of hydrogen-bond acceptors (Lipinski definition) is 4. The van der Waals surface area contributed by atoms with E-state index in [9.17, 15) is 14.7 Å². The van der Waals surface area contributed by atoms with E-state index in [0.29, 0.717) is 0 Å². The van der Waals surface area contributed by atoms with Gasteiger partial charge in [-0.2, -0.15) is 0 Å². The Morgan fingerprint density at radius 3 is 2.61 bits per heavy atom. The number of rotatable bonds is 2. The van der Waals surface area contributed by atoms with Gasteiger partial charge in [-0.3, -0.25) is 4.79 Å². The lowest BCUT2D eigenvalue weighted by molar-refractivity contribution is -0.307. The van der Waals surface area contributed by atoms with Crippen molar-refractivity contribution in [3.05, 3.63) is 47.2 Å². The highest BCUT2D eigenvalue weighted by atomic mass is 16.5. The van der Waals surface area contributed by atoms with E-state index in [0.717, 1.165) is 5.56 Å². The van der Waals surface area contributed by atoms with Gasteiger partial charge in [-0.25, -0.2) is 4.79 Å². The molecule has 0 radical (unpaired) electrons. The largest absolute Gasteiger partial charge is 0.875 e. The van der Waals surface area contributed by atoms with Gasteiger partial charge < -0.3 is 9.84 Å². The molecule has 4 nitrogen and oxygen atoms in total. The maximum atomic E-state index is 11.8. The summed E-state index contributed by atoms with van der Waals surface area (Å²) in [5.74, 6) is -1.68. The Balaban J connectivity index is 2.46. The second-order valence-electron chi connectivity index (χ2n) is 4.21. The molecule has 1 aromatic rings. The van der Waals surface area contributed by atoms with Gasteiger partial charge in [-0.05, 0) is 5.56 Å². The predicted molar refractivity (Wildman–Crippen MR) is 62.5 cm³/mol. The number of allylic oxidation sites excluding steroid dienone is 1. The van der Waals surface area contributed by atoms with Gasteiger partial charge in [0.2, 0.25) is 0 Å². The lowest BCUT2D eigenvalue weighted by Gasteiger charge is -2.29. The van der Waals surface area contributed by atoms with Crippen LogP contribution in [-0.4, -0.2) is 18.9 Å². The third-order valence-electron chi connectivity index (χ3n) is 3.05. The lowest BCUT2D eigenvalue weighted by atomic mass is 9.81. The van der Waals surface area contributed by atoms with Crippen molar-refractivity contribution in [1.82, 2.24) is 0 Å². The predicted octanol–water partition coefficient (Wildman–Crippen LogP) is 0.920. The highest BCUT2D eigenvalue weighted by Gasteiger charge is 2.30. The molecular formula is C14H13O4-. The Bertz CT molecular complexity index is 502. The smallest absolute Gasteiger partial charge is 0.333 e. The summed E-state index contributed by atoms with van der Waals surface area (Å²) in [6.45, 7) is 0. The number of hydrogen-bond donors (Lipinski definition) is 0. The fraction of sp³-hybridized carbons (Fsp3) is 0.286. The normalized spacial score (nSPS) is 19.8. The fourth-order valence-corrected chi connectivity index (χ4v) is 2.21. The molecule has 0 spiro atoms. The first kappa shape index (κ1) is 12.4. The summed E-state index contributed by atoms with van der Waals surface area (Å²) in [4.78, 5) is 23.2. The summed E-state index contributed by atoms with van der Waals surface area (Å²) in [5, 5.41) is 11.8. The van der Waals surface area contributed by atoms with E-state index in [4.69, 9.17) is 0 Å². The molecule has 94 valence electrons. The summed E-state index contributed by atoms with van der Waals surface area (Å²) in [7, 11) is 1.24. The number of Topliss-reactive ketones (excluding diaryl/α,β-unsaturated/α-hetero) is 1. The minimum atomic E-state index is -0.638. The zero-order chi connectivity index (χ0) is 13.1. The van der Waals surface area contributed by atoms with E-state index < -0.39 is 17.6 Å². The first-order chi connectivity index (χ1) is 8.63. The minimum absolute atomic E-state index is 0.0864. The topological polar surface area (TPSA) is 66.4 Å². The van der Waals surface area contributed by atoms with Gasteiger partial charge in [-0.15, -0.1) is 5.76 Å². The molecule has 0 aromatic heterocycles. The Morgan fingerprint density at radius 1 is 1.33 bits per heavy atom. The first-order valence-corrected chi connectivity index (χ1v) is 5.68. The zero-order valence-corrected chi connectivity index (χ0v) is 10.0. The van der Waals surface area contributed by atoms with Crippen LogP contribution < -0.4 is 5.11 Å². The van der Waals surface area contributed by atoms with Crippen LogP contribution in [0.1, 0.15) is 24.3 Å². The molecular weight excluding hydrogens is 232 g/mol. The first-order valence-electron chi connectivity index (χ1n) is 5.68. The quantitative estimate of drug-likeness (QED) is 0.727. The van der Waals surface area contributed by atoms with E-state index in [1.807, 2.05) is 18.2 Å². The average molecular weight is 245 g/mol. The maximum absolute atomic E-state index is 11.8. The van der Waals surface area contributed by atoms with Crippen LogP contribution >= 0.6 is 0 Å². The molecule has 0 amide bonds. The third kappa shape index (κ3) is 2.27. The highest BCUT2D eigenvalue weighted by Crippen LogP contribution is 2.34. The second-order valence-corrected chi connectivity index (χ2v) is 4.21. The van der Waals surface area contributed by atoms with Crippen LogP contribution in [0.15, 0.2) is 41.7 Å². The highest BCUT2D eigenvalue weighted by molar-refractivity contribution is 5.96. The Labute approximate surface area is 105 Å². The van der Waals surface area contributed by atoms with Gasteiger partial charge in [0.05, 0.1) is 7.11 Å². The number of esters is 1. The number of ketones is 1. The Hall–Kier alpha value is -2.10. The molecule has 4 heteroatoms. The maximum Gasteiger partial charge on any atom is 0.333 e. The van der Waals surface area contributed by atoms with Crippen LogP contribution in [0.2, 0.25) is 0 Å². The van der Waals surface area contributed by atoms with E-state index in [2.05, 4.69) is 4.74 Å². The van der Waals surface area contributed by atoms with E-state index >= 15 is 0 Å². The number of ether oxygens (including phenoxy) is 1. The van der Waals surface area contributed by atoms with Gasteiger partial charge >= 0.3 is 5.97 Å². The van der Waals surface area contributed by atoms with Crippen molar-refractivity contribution in [2.45, 2.75) is 18.8 Å². The van der Waals surface area contributed by atoms with Gasteiger partial charge in [0, 0.05) is 24.3 Å². The lowest BCUT2D eigenvalue weighted by Crippen LogP contribution is -2.28. The van der Waals surface area contributed by atoms with Crippen molar-refractivity contribution in [3.8, 4) is 0 Å². The van der Waals surface area contributed by atoms with Crippen molar-refractivity contribution in [2.24, 2.45) is 0 Å². The fourth-order valence-electron chi connectivity index (χ4n) is 2.21. The van der Waals surface area contributed by atoms with E-state index in [1.165, 1.54) is 7.11 Å². The second kappa shape index (κ2) is 5.04. The standard InChI is InChI=1S/C14H14O4/c1-18-14(17)13-11(7-10(15)8-12(13)16)9-5-3-2-4-6-9/h2-6,11,16H,7-8H2,1H3/p-1. The van der Waals surface area contributed by atoms with Crippen molar-refractivity contribution < 1.29 is 19.4 Å². The SMILES string of the molecule is COC(=O)C1=C([O-])CC(=O)CC1c1ccccc1. The monoisotopic (exact) mass is 245 g/mol. The molecule has 2 rings (SSSR count). The van der Waals surface area contributed by atoms with Crippen molar-refractivity contribution in [3.63, 3.8) is 0 Å². The molecule has 1 aliphatic carbocycles. The van der Waals surface area contributed by atoms with E-state index in [-0.39, 0.29) is 24.2 Å². The van der Waals surface area contributed by atoms with Gasteiger partial charge in [0.15, 0.2) is 0 Å². The number of carbonyl (C=O) groups excluding carboxylic acids is 2. The molecule has 18 heavy (non-hydrogen) atoms. The Kier molecular flexibility index (Phi) is 3.46. The van der Waals surface area contributed by atoms with Crippen LogP contribution in [0.3, 0.4) is 0 Å². The Morgan fingerprint density at radius 2 is 2.00 bits per heavy atom. The molecule has 0 aliphatic heterocycles. The molecule has 1 aliphatic rings. The van der Waals surface area contributed by atoms with Crippen LogP contribution in [0.5, 0.6) is 0 Å². The summed E-state index contributed by atoms with van der Waals surface area (Å²) in [5.41, 5.74) is 0.877. The molecule has 0 saturated carbocycles. The zero-order valence-electron chi connectivity index (χ0n) is 10.0. The summed E-state index contributed by atoms with van der Waals surface area (Å²) < 4.78 is 4.64.